The van der Waals surface area contributed by atoms with Crippen molar-refractivity contribution in [2.45, 2.75) is 6.54 Å². The van der Waals surface area contributed by atoms with E-state index in [-0.39, 0.29) is 6.79 Å². The third-order valence-electron chi connectivity index (χ3n) is 3.53. The minimum absolute atomic E-state index is 0.131. The van der Waals surface area contributed by atoms with E-state index in [1.165, 1.54) is 0 Å². The lowest BCUT2D eigenvalue weighted by Crippen LogP contribution is -2.44. The van der Waals surface area contributed by atoms with Crippen molar-refractivity contribution < 1.29 is 19.5 Å². The van der Waals surface area contributed by atoms with Gasteiger partial charge in [0.25, 0.3) is 0 Å². The number of hydrogen-bond donors (Lipinski definition) is 3. The van der Waals surface area contributed by atoms with Crippen LogP contribution >= 0.6 is 0 Å². The van der Waals surface area contributed by atoms with Gasteiger partial charge in [-0.15, -0.1) is 0 Å². The van der Waals surface area contributed by atoms with Crippen LogP contribution in [0.25, 0.3) is 0 Å². The predicted octanol–water partition coefficient (Wildman–Crippen LogP) is -1.50. The van der Waals surface area contributed by atoms with Gasteiger partial charge in [0, 0.05) is 38.2 Å². The average Bonchev–Trinajstić information content (AvgIpc) is 2.87. The SMILES string of the molecule is OB(O)c1c(CN2CCNCC2)ccc2c1OCO2. The Morgan fingerprint density at radius 1 is 1.21 bits per heavy atom. The molecule has 0 aliphatic carbocycles. The van der Waals surface area contributed by atoms with Gasteiger partial charge in [0.15, 0.2) is 11.5 Å². The van der Waals surface area contributed by atoms with E-state index < -0.39 is 7.12 Å². The first-order valence-corrected chi connectivity index (χ1v) is 6.46. The molecule has 6 nitrogen and oxygen atoms in total. The van der Waals surface area contributed by atoms with Gasteiger partial charge in [0.1, 0.15) is 0 Å². The molecule has 1 saturated heterocycles. The molecule has 2 heterocycles. The van der Waals surface area contributed by atoms with Crippen LogP contribution in [0.2, 0.25) is 0 Å². The molecule has 3 N–H and O–H groups in total. The van der Waals surface area contributed by atoms with Gasteiger partial charge in [0.2, 0.25) is 6.79 Å². The Morgan fingerprint density at radius 3 is 2.74 bits per heavy atom. The van der Waals surface area contributed by atoms with Crippen LogP contribution in [-0.2, 0) is 6.54 Å². The second-order valence-electron chi connectivity index (χ2n) is 4.77. The minimum Gasteiger partial charge on any atom is -0.454 e. The molecule has 0 bridgehead atoms. The van der Waals surface area contributed by atoms with E-state index in [4.69, 9.17) is 9.47 Å². The molecule has 2 aliphatic rings. The summed E-state index contributed by atoms with van der Waals surface area (Å²) in [4.78, 5) is 2.28. The van der Waals surface area contributed by atoms with Gasteiger partial charge >= 0.3 is 7.12 Å². The maximum Gasteiger partial charge on any atom is 0.492 e. The van der Waals surface area contributed by atoms with E-state index >= 15 is 0 Å². The first kappa shape index (κ1) is 12.7. The Morgan fingerprint density at radius 2 is 2.00 bits per heavy atom. The van der Waals surface area contributed by atoms with Crippen LogP contribution in [0.5, 0.6) is 11.5 Å². The lowest BCUT2D eigenvalue weighted by atomic mass is 9.76. The highest BCUT2D eigenvalue weighted by atomic mass is 16.7. The Kier molecular flexibility index (Phi) is 3.61. The molecule has 0 spiro atoms. The highest BCUT2D eigenvalue weighted by Gasteiger charge is 2.28. The number of nitrogens with zero attached hydrogens (tertiary/aromatic N) is 1. The van der Waals surface area contributed by atoms with E-state index in [0.717, 1.165) is 31.7 Å². The Labute approximate surface area is 112 Å². The number of benzene rings is 1. The van der Waals surface area contributed by atoms with Crippen molar-refractivity contribution in [3.63, 3.8) is 0 Å². The van der Waals surface area contributed by atoms with Crippen molar-refractivity contribution in [3.05, 3.63) is 17.7 Å². The smallest absolute Gasteiger partial charge is 0.454 e. The third kappa shape index (κ3) is 2.55. The first-order valence-electron chi connectivity index (χ1n) is 6.46. The van der Waals surface area contributed by atoms with Gasteiger partial charge in [0.05, 0.1) is 0 Å². The van der Waals surface area contributed by atoms with Gasteiger partial charge in [-0.3, -0.25) is 4.90 Å². The lowest BCUT2D eigenvalue weighted by Gasteiger charge is -2.28. The number of nitrogens with one attached hydrogen (secondary N) is 1. The van der Waals surface area contributed by atoms with Crippen molar-refractivity contribution in [1.82, 2.24) is 10.2 Å². The second kappa shape index (κ2) is 5.38. The van der Waals surface area contributed by atoms with Gasteiger partial charge < -0.3 is 24.8 Å². The molecule has 1 aromatic carbocycles. The van der Waals surface area contributed by atoms with Crippen molar-refractivity contribution in [2.24, 2.45) is 0 Å². The highest BCUT2D eigenvalue weighted by Crippen LogP contribution is 2.31. The quantitative estimate of drug-likeness (QED) is 0.577. The van der Waals surface area contributed by atoms with Crippen LogP contribution in [0, 0.1) is 0 Å². The molecule has 0 amide bonds. The molecule has 0 radical (unpaired) electrons. The van der Waals surface area contributed by atoms with Crippen LogP contribution in [0.15, 0.2) is 12.1 Å². The fraction of sp³-hybridized carbons (Fsp3) is 0.500. The Hall–Kier alpha value is -1.28. The van der Waals surface area contributed by atoms with Crippen molar-refractivity contribution >= 4 is 12.6 Å². The van der Waals surface area contributed by atoms with Crippen molar-refractivity contribution in [1.29, 1.82) is 0 Å². The topological polar surface area (TPSA) is 74.2 Å². The lowest BCUT2D eigenvalue weighted by molar-refractivity contribution is 0.174. The maximum absolute atomic E-state index is 9.59. The van der Waals surface area contributed by atoms with Gasteiger partial charge in [-0.05, 0) is 11.6 Å². The van der Waals surface area contributed by atoms with Crippen LogP contribution in [-0.4, -0.2) is 55.0 Å². The molecule has 3 rings (SSSR count). The fourth-order valence-corrected chi connectivity index (χ4v) is 2.57. The normalized spacial score (nSPS) is 18.6. The molecule has 7 heteroatoms. The molecule has 0 aromatic heterocycles. The summed E-state index contributed by atoms with van der Waals surface area (Å²) in [5.74, 6) is 1.04. The standard InChI is InChI=1S/C12H17BN2O4/c16-13(17)11-9(7-15-5-3-14-4-6-15)1-2-10-12(11)19-8-18-10/h1-2,14,16-17H,3-8H2. The van der Waals surface area contributed by atoms with Crippen molar-refractivity contribution in [2.75, 3.05) is 33.0 Å². The molecule has 0 saturated carbocycles. The summed E-state index contributed by atoms with van der Waals surface area (Å²) in [6, 6.07) is 3.70. The third-order valence-corrected chi connectivity index (χ3v) is 3.53. The summed E-state index contributed by atoms with van der Waals surface area (Å²) in [5, 5.41) is 22.5. The molecule has 102 valence electrons. The van der Waals surface area contributed by atoms with E-state index in [2.05, 4.69) is 10.2 Å². The zero-order valence-corrected chi connectivity index (χ0v) is 10.6. The van der Waals surface area contributed by atoms with Crippen LogP contribution in [0.4, 0.5) is 0 Å². The Bertz CT molecular complexity index is 463. The van der Waals surface area contributed by atoms with Gasteiger partial charge in [-0.2, -0.15) is 0 Å². The van der Waals surface area contributed by atoms with E-state index in [1.54, 1.807) is 0 Å². The zero-order valence-electron chi connectivity index (χ0n) is 10.6. The molecule has 0 unspecified atom stereocenters. The summed E-state index contributed by atoms with van der Waals surface area (Å²) >= 11 is 0. The summed E-state index contributed by atoms with van der Waals surface area (Å²) in [5.41, 5.74) is 1.30. The van der Waals surface area contributed by atoms with E-state index in [1.807, 2.05) is 12.1 Å². The van der Waals surface area contributed by atoms with E-state index in [0.29, 0.717) is 23.5 Å². The fourth-order valence-electron chi connectivity index (χ4n) is 2.57. The molecule has 1 fully saturated rings. The van der Waals surface area contributed by atoms with Crippen LogP contribution in [0.1, 0.15) is 5.56 Å². The minimum atomic E-state index is -1.55. The number of piperazine rings is 1. The largest absolute Gasteiger partial charge is 0.492 e. The van der Waals surface area contributed by atoms with Crippen LogP contribution < -0.4 is 20.3 Å². The summed E-state index contributed by atoms with van der Waals surface area (Å²) < 4.78 is 10.6. The van der Waals surface area contributed by atoms with Crippen molar-refractivity contribution in [3.8, 4) is 11.5 Å². The number of fused-ring (bicyclic) bond motifs is 1. The van der Waals surface area contributed by atoms with E-state index in [9.17, 15) is 10.0 Å². The summed E-state index contributed by atoms with van der Waals surface area (Å²) in [6.07, 6.45) is 0. The number of hydrogen-bond acceptors (Lipinski definition) is 6. The molecule has 0 atom stereocenters. The molecule has 19 heavy (non-hydrogen) atoms. The number of ether oxygens (including phenoxy) is 2. The predicted molar refractivity (Wildman–Crippen MR) is 70.5 cm³/mol. The maximum atomic E-state index is 9.59. The summed E-state index contributed by atoms with van der Waals surface area (Å²) in [6.45, 7) is 4.64. The molecule has 2 aliphatic heterocycles. The molecular weight excluding hydrogens is 247 g/mol. The summed E-state index contributed by atoms with van der Waals surface area (Å²) in [7, 11) is -1.55. The Balaban J connectivity index is 1.87. The van der Waals surface area contributed by atoms with Crippen LogP contribution in [0.3, 0.4) is 0 Å². The average molecular weight is 264 g/mol. The molecule has 1 aromatic rings. The van der Waals surface area contributed by atoms with Gasteiger partial charge in [-0.25, -0.2) is 0 Å². The number of rotatable bonds is 3. The highest BCUT2D eigenvalue weighted by molar-refractivity contribution is 6.60. The molecular formula is C12H17BN2O4. The van der Waals surface area contributed by atoms with Gasteiger partial charge in [-0.1, -0.05) is 6.07 Å². The first-order chi connectivity index (χ1) is 9.25. The second-order valence-corrected chi connectivity index (χ2v) is 4.77. The zero-order chi connectivity index (χ0) is 13.2. The monoisotopic (exact) mass is 264 g/mol.